The van der Waals surface area contributed by atoms with Gasteiger partial charge >= 0.3 is 5.91 Å². The molecule has 1 aliphatic rings. The van der Waals surface area contributed by atoms with Crippen LogP contribution in [0.4, 0.5) is 5.69 Å². The van der Waals surface area contributed by atoms with Crippen molar-refractivity contribution in [3.05, 3.63) is 64.8 Å². The zero-order valence-corrected chi connectivity index (χ0v) is 16.4. The van der Waals surface area contributed by atoms with Gasteiger partial charge in [-0.3, -0.25) is 9.59 Å². The molecule has 8 heteroatoms. The summed E-state index contributed by atoms with van der Waals surface area (Å²) >= 11 is 3.38. The molecular formula is C20H15BrN4O3. The van der Waals surface area contributed by atoms with Gasteiger partial charge in [-0.25, -0.2) is 5.43 Å². The molecule has 0 aliphatic carbocycles. The van der Waals surface area contributed by atoms with Gasteiger partial charge in [-0.05, 0) is 43.3 Å². The number of amides is 2. The smallest absolute Gasteiger partial charge is 0.307 e. The van der Waals surface area contributed by atoms with Crippen LogP contribution in [0, 0.1) is 5.92 Å². The fraction of sp³-hybridized carbons (Fsp3) is 0.100. The van der Waals surface area contributed by atoms with E-state index in [0.717, 1.165) is 9.86 Å². The van der Waals surface area contributed by atoms with E-state index < -0.39 is 11.8 Å². The number of nitrogens with one attached hydrogen (secondary N) is 1. The second-order valence-corrected chi connectivity index (χ2v) is 7.13. The summed E-state index contributed by atoms with van der Waals surface area (Å²) in [4.78, 5) is 24.9. The Morgan fingerprint density at radius 1 is 1.25 bits per heavy atom. The highest BCUT2D eigenvalue weighted by molar-refractivity contribution is 9.10. The van der Waals surface area contributed by atoms with Gasteiger partial charge in [0.05, 0.1) is 11.4 Å². The number of hydrazone groups is 2. The summed E-state index contributed by atoms with van der Waals surface area (Å²) in [6.45, 7) is 1.75. The Hall–Kier alpha value is -3.26. The highest BCUT2D eigenvalue weighted by Gasteiger charge is 2.33. The number of rotatable bonds is 4. The number of benzene rings is 2. The van der Waals surface area contributed by atoms with Crippen molar-refractivity contribution in [2.24, 2.45) is 16.1 Å². The van der Waals surface area contributed by atoms with Crippen molar-refractivity contribution in [3.63, 3.8) is 0 Å². The molecule has 28 heavy (non-hydrogen) atoms. The van der Waals surface area contributed by atoms with Crippen LogP contribution in [0.5, 0.6) is 0 Å². The highest BCUT2D eigenvalue weighted by atomic mass is 79.9. The standard InChI is InChI=1S/C20H15BrN4O3/c1-12-16(20(27)25(24-12)15-5-3-2-4-6-15)11-22-23-19(26)18-10-13-9-14(21)7-8-17(13)28-18/h2-11,16H,1H3,(H,23,26). The third kappa shape index (κ3) is 3.46. The third-order valence-corrected chi connectivity index (χ3v) is 4.77. The van der Waals surface area contributed by atoms with E-state index >= 15 is 0 Å². The molecule has 0 saturated carbocycles. The molecule has 3 aromatic rings. The first-order valence-electron chi connectivity index (χ1n) is 8.49. The maximum absolute atomic E-state index is 12.6. The lowest BCUT2D eigenvalue weighted by molar-refractivity contribution is -0.118. The fourth-order valence-electron chi connectivity index (χ4n) is 2.86. The Labute approximate surface area is 168 Å². The summed E-state index contributed by atoms with van der Waals surface area (Å²) < 4.78 is 6.41. The van der Waals surface area contributed by atoms with Crippen molar-refractivity contribution in [1.82, 2.24) is 5.43 Å². The molecule has 1 aliphatic heterocycles. The zero-order valence-electron chi connectivity index (χ0n) is 14.8. The third-order valence-electron chi connectivity index (χ3n) is 4.28. The largest absolute Gasteiger partial charge is 0.451 e. The predicted octanol–water partition coefficient (Wildman–Crippen LogP) is 3.95. The lowest BCUT2D eigenvalue weighted by atomic mass is 10.1. The van der Waals surface area contributed by atoms with Crippen LogP contribution < -0.4 is 10.4 Å². The van der Waals surface area contributed by atoms with Crippen molar-refractivity contribution in [3.8, 4) is 0 Å². The van der Waals surface area contributed by atoms with Crippen molar-refractivity contribution in [2.45, 2.75) is 6.92 Å². The van der Waals surface area contributed by atoms with Crippen LogP contribution in [0.2, 0.25) is 0 Å². The summed E-state index contributed by atoms with van der Waals surface area (Å²) in [6.07, 6.45) is 1.38. The first-order valence-corrected chi connectivity index (χ1v) is 9.29. The van der Waals surface area contributed by atoms with E-state index in [1.165, 1.54) is 11.2 Å². The van der Waals surface area contributed by atoms with Crippen LogP contribution in [0.25, 0.3) is 11.0 Å². The van der Waals surface area contributed by atoms with Crippen molar-refractivity contribution < 1.29 is 14.0 Å². The molecule has 2 aromatic carbocycles. The average Bonchev–Trinajstić information content (AvgIpc) is 3.24. The van der Waals surface area contributed by atoms with Crippen molar-refractivity contribution in [1.29, 1.82) is 0 Å². The highest BCUT2D eigenvalue weighted by Crippen LogP contribution is 2.24. The number of carbonyl (C=O) groups excluding carboxylic acids is 2. The van der Waals surface area contributed by atoms with E-state index in [1.54, 1.807) is 31.2 Å². The SMILES string of the molecule is CC1=NN(c2ccccc2)C(=O)C1C=NNC(=O)c1cc2cc(Br)ccc2o1. The van der Waals surface area contributed by atoms with E-state index in [4.69, 9.17) is 4.42 Å². The van der Waals surface area contributed by atoms with E-state index in [-0.39, 0.29) is 11.7 Å². The molecule has 1 atom stereocenters. The molecule has 2 amide bonds. The molecule has 1 aromatic heterocycles. The van der Waals surface area contributed by atoms with Gasteiger partial charge in [-0.15, -0.1) is 0 Å². The predicted molar refractivity (Wildman–Crippen MR) is 110 cm³/mol. The van der Waals surface area contributed by atoms with Gasteiger partial charge in [0.2, 0.25) is 0 Å². The molecule has 140 valence electrons. The Kier molecular flexibility index (Phi) is 4.79. The molecular weight excluding hydrogens is 424 g/mol. The minimum absolute atomic E-state index is 0.138. The van der Waals surface area contributed by atoms with Crippen LogP contribution in [0.15, 0.2) is 73.7 Å². The lowest BCUT2D eigenvalue weighted by Gasteiger charge is -2.12. The monoisotopic (exact) mass is 438 g/mol. The number of furan rings is 1. The number of nitrogens with zero attached hydrogens (tertiary/aromatic N) is 3. The number of hydrogen-bond donors (Lipinski definition) is 1. The number of halogens is 1. The molecule has 4 rings (SSSR count). The van der Waals surface area contributed by atoms with Crippen LogP contribution in [0.3, 0.4) is 0 Å². The van der Waals surface area contributed by atoms with Gasteiger partial charge in [-0.1, -0.05) is 34.1 Å². The van der Waals surface area contributed by atoms with Crippen molar-refractivity contribution in [2.75, 3.05) is 5.01 Å². The summed E-state index contributed by atoms with van der Waals surface area (Å²) in [6, 6.07) is 16.2. The number of hydrogen-bond acceptors (Lipinski definition) is 5. The first-order chi connectivity index (χ1) is 13.5. The second-order valence-electron chi connectivity index (χ2n) is 6.22. The summed E-state index contributed by atoms with van der Waals surface area (Å²) in [5.41, 5.74) is 4.28. The molecule has 0 bridgehead atoms. The zero-order chi connectivity index (χ0) is 19.7. The number of para-hydroxylation sites is 1. The van der Waals surface area contributed by atoms with Crippen LogP contribution in [0.1, 0.15) is 17.5 Å². The van der Waals surface area contributed by atoms with Crippen molar-refractivity contribution >= 4 is 56.3 Å². The second kappa shape index (κ2) is 7.40. The molecule has 7 nitrogen and oxygen atoms in total. The van der Waals surface area contributed by atoms with Gasteiger partial charge in [0.15, 0.2) is 5.76 Å². The number of carbonyl (C=O) groups is 2. The Balaban J connectivity index is 1.45. The maximum Gasteiger partial charge on any atom is 0.307 e. The minimum atomic E-state index is -0.632. The lowest BCUT2D eigenvalue weighted by Crippen LogP contribution is -2.29. The molecule has 0 saturated heterocycles. The van der Waals surface area contributed by atoms with Crippen LogP contribution >= 0.6 is 15.9 Å². The summed E-state index contributed by atoms with van der Waals surface area (Å²) in [7, 11) is 0. The van der Waals surface area contributed by atoms with Gasteiger partial charge in [-0.2, -0.15) is 15.2 Å². The molecule has 1 N–H and O–H groups in total. The Morgan fingerprint density at radius 3 is 2.82 bits per heavy atom. The number of fused-ring (bicyclic) bond motifs is 1. The van der Waals surface area contributed by atoms with Gasteiger partial charge in [0, 0.05) is 16.1 Å². The molecule has 1 unspecified atom stereocenters. The van der Waals surface area contributed by atoms with Crippen LogP contribution in [-0.4, -0.2) is 23.7 Å². The Morgan fingerprint density at radius 2 is 2.04 bits per heavy atom. The van der Waals surface area contributed by atoms with Gasteiger partial charge in [0.1, 0.15) is 11.5 Å². The maximum atomic E-state index is 12.6. The molecule has 0 fully saturated rings. The van der Waals surface area contributed by atoms with E-state index in [0.29, 0.717) is 17.0 Å². The van der Waals surface area contributed by atoms with E-state index in [9.17, 15) is 9.59 Å². The quantitative estimate of drug-likeness (QED) is 0.493. The number of anilines is 1. The normalized spacial score (nSPS) is 16.8. The van der Waals surface area contributed by atoms with E-state index in [2.05, 4.69) is 31.6 Å². The van der Waals surface area contributed by atoms with Gasteiger partial charge in [0.25, 0.3) is 5.91 Å². The minimum Gasteiger partial charge on any atom is -0.451 e. The molecule has 0 spiro atoms. The van der Waals surface area contributed by atoms with E-state index in [1.807, 2.05) is 30.3 Å². The summed E-state index contributed by atoms with van der Waals surface area (Å²) in [5.74, 6) is -1.22. The fourth-order valence-corrected chi connectivity index (χ4v) is 3.24. The summed E-state index contributed by atoms with van der Waals surface area (Å²) in [5, 5.41) is 10.4. The Bertz CT molecular complexity index is 1120. The van der Waals surface area contributed by atoms with Gasteiger partial charge < -0.3 is 4.42 Å². The molecule has 0 radical (unpaired) electrons. The molecule has 2 heterocycles. The topological polar surface area (TPSA) is 87.3 Å². The first kappa shape index (κ1) is 18.1. The average molecular weight is 439 g/mol. The van der Waals surface area contributed by atoms with Crippen LogP contribution in [-0.2, 0) is 4.79 Å².